The molecule has 2 N–H and O–H groups in total. The molecule has 1 heterocycles. The van der Waals surface area contributed by atoms with E-state index in [2.05, 4.69) is 26.6 Å². The Morgan fingerprint density at radius 3 is 2.89 bits per heavy atom. The van der Waals surface area contributed by atoms with Crippen LogP contribution in [-0.4, -0.2) is 24.7 Å². The van der Waals surface area contributed by atoms with Crippen LogP contribution in [0.25, 0.3) is 0 Å². The number of halogens is 3. The van der Waals surface area contributed by atoms with Gasteiger partial charge in [0, 0.05) is 24.0 Å². The normalized spacial score (nSPS) is 23.1. The van der Waals surface area contributed by atoms with E-state index in [1.807, 2.05) is 0 Å². The van der Waals surface area contributed by atoms with Crippen molar-refractivity contribution in [3.8, 4) is 0 Å². The molecule has 0 bridgehead atoms. The number of alkyl halides is 1. The summed E-state index contributed by atoms with van der Waals surface area (Å²) in [5.41, 5.74) is 0.657. The SMILES string of the molecule is O=C(NCc1cc(F)cc(Br)c1)[C@@H]1C[C@@H](F)CN1. The van der Waals surface area contributed by atoms with Gasteiger partial charge in [-0.05, 0) is 23.8 Å². The molecule has 2 atom stereocenters. The van der Waals surface area contributed by atoms with Crippen molar-refractivity contribution >= 4 is 21.8 Å². The minimum Gasteiger partial charge on any atom is -0.351 e. The molecule has 0 saturated carbocycles. The summed E-state index contributed by atoms with van der Waals surface area (Å²) < 4.78 is 26.6. The van der Waals surface area contributed by atoms with Crippen LogP contribution >= 0.6 is 15.9 Å². The number of benzene rings is 1. The third-order valence-corrected chi connectivity index (χ3v) is 3.24. The van der Waals surface area contributed by atoms with E-state index in [-0.39, 0.29) is 31.2 Å². The van der Waals surface area contributed by atoms with E-state index in [0.29, 0.717) is 10.0 Å². The average molecular weight is 319 g/mol. The summed E-state index contributed by atoms with van der Waals surface area (Å²) in [5.74, 6) is -0.619. The highest BCUT2D eigenvalue weighted by Crippen LogP contribution is 2.15. The summed E-state index contributed by atoms with van der Waals surface area (Å²) in [6.45, 7) is 0.438. The summed E-state index contributed by atoms with van der Waals surface area (Å²) in [4.78, 5) is 11.7. The number of hydrogen-bond donors (Lipinski definition) is 2. The number of rotatable bonds is 3. The highest BCUT2D eigenvalue weighted by atomic mass is 79.9. The molecule has 1 aromatic rings. The number of amides is 1. The van der Waals surface area contributed by atoms with Gasteiger partial charge in [-0.25, -0.2) is 8.78 Å². The summed E-state index contributed by atoms with van der Waals surface area (Å²) in [7, 11) is 0. The first-order valence-corrected chi connectivity index (χ1v) is 6.44. The Bertz CT molecular complexity index is 435. The lowest BCUT2D eigenvalue weighted by Gasteiger charge is -2.11. The minimum absolute atomic E-state index is 0.193. The predicted molar refractivity (Wildman–Crippen MR) is 67.3 cm³/mol. The molecule has 2 rings (SSSR count). The van der Waals surface area contributed by atoms with Crippen molar-refractivity contribution in [3.63, 3.8) is 0 Å². The number of hydrogen-bond acceptors (Lipinski definition) is 2. The molecule has 6 heteroatoms. The fraction of sp³-hybridized carbons (Fsp3) is 0.417. The zero-order valence-corrected chi connectivity index (χ0v) is 11.1. The molecule has 1 saturated heterocycles. The number of nitrogens with one attached hydrogen (secondary N) is 2. The Balaban J connectivity index is 1.89. The topological polar surface area (TPSA) is 41.1 Å². The van der Waals surface area contributed by atoms with Crippen molar-refractivity contribution in [2.45, 2.75) is 25.2 Å². The molecule has 0 unspecified atom stereocenters. The second-order valence-electron chi connectivity index (χ2n) is 4.29. The first-order chi connectivity index (χ1) is 8.54. The molecular formula is C12H13BrF2N2O. The van der Waals surface area contributed by atoms with Gasteiger partial charge in [0.2, 0.25) is 5.91 Å². The van der Waals surface area contributed by atoms with Crippen LogP contribution in [-0.2, 0) is 11.3 Å². The van der Waals surface area contributed by atoms with Gasteiger partial charge in [-0.3, -0.25) is 4.79 Å². The molecule has 1 aromatic carbocycles. The Kier molecular flexibility index (Phi) is 4.29. The predicted octanol–water partition coefficient (Wildman–Crippen LogP) is 1.90. The molecular weight excluding hydrogens is 306 g/mol. The van der Waals surface area contributed by atoms with Gasteiger partial charge in [-0.15, -0.1) is 0 Å². The van der Waals surface area contributed by atoms with Crippen molar-refractivity contribution in [2.24, 2.45) is 0 Å². The second-order valence-corrected chi connectivity index (χ2v) is 5.20. The van der Waals surface area contributed by atoms with Gasteiger partial charge in [0.05, 0.1) is 6.04 Å². The molecule has 1 aliphatic rings. The van der Waals surface area contributed by atoms with E-state index in [9.17, 15) is 13.6 Å². The smallest absolute Gasteiger partial charge is 0.237 e. The highest BCUT2D eigenvalue weighted by molar-refractivity contribution is 9.10. The maximum absolute atomic E-state index is 13.1. The lowest BCUT2D eigenvalue weighted by Crippen LogP contribution is -2.40. The highest BCUT2D eigenvalue weighted by Gasteiger charge is 2.28. The van der Waals surface area contributed by atoms with E-state index in [0.717, 1.165) is 0 Å². The van der Waals surface area contributed by atoms with E-state index in [1.165, 1.54) is 12.1 Å². The van der Waals surface area contributed by atoms with Crippen molar-refractivity contribution < 1.29 is 13.6 Å². The number of carbonyl (C=O) groups is 1. The third kappa shape index (κ3) is 3.49. The first kappa shape index (κ1) is 13.4. The van der Waals surface area contributed by atoms with E-state index in [1.54, 1.807) is 6.07 Å². The molecule has 0 aliphatic carbocycles. The van der Waals surface area contributed by atoms with Crippen LogP contribution < -0.4 is 10.6 Å². The third-order valence-electron chi connectivity index (χ3n) is 2.78. The van der Waals surface area contributed by atoms with Gasteiger partial charge < -0.3 is 10.6 Å². The Hall–Kier alpha value is -1.01. The van der Waals surface area contributed by atoms with Gasteiger partial charge in [-0.1, -0.05) is 15.9 Å². The molecule has 98 valence electrons. The van der Waals surface area contributed by atoms with Crippen molar-refractivity contribution in [3.05, 3.63) is 34.1 Å². The molecule has 1 amide bonds. The molecule has 1 fully saturated rings. The summed E-state index contributed by atoms with van der Waals surface area (Å²) in [6, 6.07) is 3.93. The second kappa shape index (κ2) is 5.75. The first-order valence-electron chi connectivity index (χ1n) is 5.65. The van der Waals surface area contributed by atoms with Crippen molar-refractivity contribution in [1.82, 2.24) is 10.6 Å². The maximum atomic E-state index is 13.1. The van der Waals surface area contributed by atoms with E-state index in [4.69, 9.17) is 0 Å². The number of carbonyl (C=O) groups excluding carboxylic acids is 1. The Labute approximate surface area is 112 Å². The summed E-state index contributed by atoms with van der Waals surface area (Å²) >= 11 is 3.18. The average Bonchev–Trinajstić information content (AvgIpc) is 2.71. The van der Waals surface area contributed by atoms with Crippen LogP contribution in [0.4, 0.5) is 8.78 Å². The van der Waals surface area contributed by atoms with Gasteiger partial charge in [0.1, 0.15) is 12.0 Å². The summed E-state index contributed by atoms with van der Waals surface area (Å²) in [6.07, 6.45) is -0.775. The van der Waals surface area contributed by atoms with Crippen LogP contribution in [0.2, 0.25) is 0 Å². The monoisotopic (exact) mass is 318 g/mol. The molecule has 1 aliphatic heterocycles. The van der Waals surface area contributed by atoms with Crippen LogP contribution in [0, 0.1) is 5.82 Å². The Morgan fingerprint density at radius 2 is 2.28 bits per heavy atom. The standard InChI is InChI=1S/C12H13BrF2N2O/c13-8-1-7(2-9(14)3-8)5-17-12(18)11-4-10(15)6-16-11/h1-3,10-11,16H,4-6H2,(H,17,18)/t10-,11+/m1/s1. The largest absolute Gasteiger partial charge is 0.351 e. The van der Waals surface area contributed by atoms with Gasteiger partial charge in [0.15, 0.2) is 0 Å². The van der Waals surface area contributed by atoms with E-state index < -0.39 is 12.2 Å². The maximum Gasteiger partial charge on any atom is 0.237 e. The zero-order chi connectivity index (χ0) is 13.1. The molecule has 18 heavy (non-hydrogen) atoms. The summed E-state index contributed by atoms with van der Waals surface area (Å²) in [5, 5.41) is 5.46. The van der Waals surface area contributed by atoms with Crippen LogP contribution in [0.15, 0.2) is 22.7 Å². The molecule has 3 nitrogen and oxygen atoms in total. The Morgan fingerprint density at radius 1 is 1.50 bits per heavy atom. The van der Waals surface area contributed by atoms with Crippen molar-refractivity contribution in [1.29, 1.82) is 0 Å². The van der Waals surface area contributed by atoms with Crippen molar-refractivity contribution in [2.75, 3.05) is 6.54 Å². The lowest BCUT2D eigenvalue weighted by molar-refractivity contribution is -0.123. The van der Waals surface area contributed by atoms with E-state index >= 15 is 0 Å². The molecule has 0 radical (unpaired) electrons. The molecule has 0 spiro atoms. The zero-order valence-electron chi connectivity index (χ0n) is 9.55. The lowest BCUT2D eigenvalue weighted by atomic mass is 10.2. The van der Waals surface area contributed by atoms with Gasteiger partial charge in [0.25, 0.3) is 0 Å². The van der Waals surface area contributed by atoms with Crippen LogP contribution in [0.1, 0.15) is 12.0 Å². The van der Waals surface area contributed by atoms with Crippen LogP contribution in [0.5, 0.6) is 0 Å². The quantitative estimate of drug-likeness (QED) is 0.893. The minimum atomic E-state index is -0.968. The van der Waals surface area contributed by atoms with Gasteiger partial charge in [-0.2, -0.15) is 0 Å². The molecule has 0 aromatic heterocycles. The fourth-order valence-corrected chi connectivity index (χ4v) is 2.43. The van der Waals surface area contributed by atoms with Crippen LogP contribution in [0.3, 0.4) is 0 Å². The van der Waals surface area contributed by atoms with Gasteiger partial charge >= 0.3 is 0 Å². The fourth-order valence-electron chi connectivity index (χ4n) is 1.92.